The van der Waals surface area contributed by atoms with E-state index in [0.29, 0.717) is 0 Å². The smallest absolute Gasteiger partial charge is 0.129 e. The van der Waals surface area contributed by atoms with Gasteiger partial charge in [0.2, 0.25) is 0 Å². The van der Waals surface area contributed by atoms with E-state index in [1.54, 1.807) is 0 Å². The van der Waals surface area contributed by atoms with Gasteiger partial charge in [-0.15, -0.1) is 0 Å². The van der Waals surface area contributed by atoms with Gasteiger partial charge < -0.3 is 4.74 Å². The van der Waals surface area contributed by atoms with E-state index in [9.17, 15) is 0 Å². The van der Waals surface area contributed by atoms with Crippen molar-refractivity contribution in [1.29, 1.82) is 0 Å². The molecule has 2 nitrogen and oxygen atoms in total. The minimum Gasteiger partial charge on any atom is -0.482 e. The molecule has 0 saturated heterocycles. The third-order valence-electron chi connectivity index (χ3n) is 5.74. The number of fused-ring (bicyclic) bond motifs is 7. The van der Waals surface area contributed by atoms with E-state index < -0.39 is 0 Å². The molecule has 0 bridgehead atoms. The molecule has 2 aromatic carbocycles. The van der Waals surface area contributed by atoms with Gasteiger partial charge in [-0.3, -0.25) is 4.98 Å². The van der Waals surface area contributed by atoms with E-state index >= 15 is 0 Å². The highest BCUT2D eigenvalue weighted by Gasteiger charge is 2.42. The summed E-state index contributed by atoms with van der Waals surface area (Å²) in [5.41, 5.74) is 8.30. The largest absolute Gasteiger partial charge is 0.482 e. The summed E-state index contributed by atoms with van der Waals surface area (Å²) in [5.74, 6) is 0.975. The fourth-order valence-electron chi connectivity index (χ4n) is 4.60. The predicted molar refractivity (Wildman–Crippen MR) is 101 cm³/mol. The molecule has 0 spiro atoms. The molecule has 0 amide bonds. The van der Waals surface area contributed by atoms with Crippen molar-refractivity contribution in [2.24, 2.45) is 0 Å². The minimum atomic E-state index is -0.328. The van der Waals surface area contributed by atoms with E-state index in [0.717, 1.165) is 11.4 Å². The van der Waals surface area contributed by atoms with Gasteiger partial charge in [0.25, 0.3) is 0 Å². The molecule has 1 aliphatic heterocycles. The number of benzene rings is 2. The van der Waals surface area contributed by atoms with Crippen molar-refractivity contribution in [2.45, 2.75) is 38.7 Å². The summed E-state index contributed by atoms with van der Waals surface area (Å²) in [5, 5.41) is 0. The molecular weight excluding hydrogens is 306 g/mol. The number of pyridine rings is 1. The SMILES string of the molecule is CC1(C)Oc2ccc3c(c2-c2ccccc21)C(C)(C)c1cccnc1-3. The Morgan fingerprint density at radius 1 is 0.800 bits per heavy atom. The third-order valence-corrected chi connectivity index (χ3v) is 5.74. The van der Waals surface area contributed by atoms with Crippen LogP contribution in [-0.4, -0.2) is 4.98 Å². The molecule has 2 aliphatic rings. The quantitative estimate of drug-likeness (QED) is 0.530. The van der Waals surface area contributed by atoms with E-state index in [-0.39, 0.29) is 11.0 Å². The summed E-state index contributed by atoms with van der Waals surface area (Å²) in [4.78, 5) is 4.69. The zero-order valence-corrected chi connectivity index (χ0v) is 15.1. The Labute approximate surface area is 148 Å². The Balaban J connectivity index is 1.90. The van der Waals surface area contributed by atoms with E-state index in [1.807, 2.05) is 12.3 Å². The van der Waals surface area contributed by atoms with Crippen LogP contribution in [0.3, 0.4) is 0 Å². The van der Waals surface area contributed by atoms with Crippen molar-refractivity contribution in [3.05, 3.63) is 71.4 Å². The Kier molecular flexibility index (Phi) is 2.66. The minimum absolute atomic E-state index is 0.0950. The second kappa shape index (κ2) is 4.51. The van der Waals surface area contributed by atoms with Crippen LogP contribution in [0.1, 0.15) is 44.4 Å². The number of hydrogen-bond donors (Lipinski definition) is 0. The van der Waals surface area contributed by atoms with Crippen molar-refractivity contribution in [3.8, 4) is 28.1 Å². The third kappa shape index (κ3) is 1.77. The molecule has 0 N–H and O–H groups in total. The first-order chi connectivity index (χ1) is 11.9. The molecule has 0 unspecified atom stereocenters. The van der Waals surface area contributed by atoms with Crippen molar-refractivity contribution in [2.75, 3.05) is 0 Å². The standard InChI is InChI=1S/C23H21NO/c1-22(2)17-10-7-13-24-21(17)15-11-12-18-19(20(15)22)14-8-5-6-9-16(14)23(3,4)25-18/h5-13H,1-4H3. The van der Waals surface area contributed by atoms with Gasteiger partial charge in [0, 0.05) is 28.3 Å². The fraction of sp³-hybridized carbons (Fsp3) is 0.261. The normalized spacial score (nSPS) is 17.8. The summed E-state index contributed by atoms with van der Waals surface area (Å²) in [6.45, 7) is 8.87. The predicted octanol–water partition coefficient (Wildman–Crippen LogP) is 5.68. The molecule has 2 heterocycles. The molecule has 124 valence electrons. The van der Waals surface area contributed by atoms with Gasteiger partial charge in [0.05, 0.1) is 5.69 Å². The van der Waals surface area contributed by atoms with Crippen LogP contribution in [0.15, 0.2) is 54.7 Å². The van der Waals surface area contributed by atoms with Gasteiger partial charge in [-0.1, -0.05) is 44.2 Å². The van der Waals surface area contributed by atoms with Gasteiger partial charge in [-0.05, 0) is 48.7 Å². The van der Waals surface area contributed by atoms with Crippen LogP contribution in [-0.2, 0) is 11.0 Å². The lowest BCUT2D eigenvalue weighted by Gasteiger charge is -2.37. The lowest BCUT2D eigenvalue weighted by molar-refractivity contribution is 0.105. The second-order valence-corrected chi connectivity index (χ2v) is 8.04. The topological polar surface area (TPSA) is 22.1 Å². The lowest BCUT2D eigenvalue weighted by atomic mass is 9.76. The molecule has 0 fully saturated rings. The van der Waals surface area contributed by atoms with Crippen LogP contribution < -0.4 is 4.74 Å². The van der Waals surface area contributed by atoms with Gasteiger partial charge in [-0.2, -0.15) is 0 Å². The molecule has 1 aromatic heterocycles. The van der Waals surface area contributed by atoms with E-state index in [2.05, 4.69) is 75.1 Å². The molecule has 3 aromatic rings. The maximum absolute atomic E-state index is 6.44. The van der Waals surface area contributed by atoms with Crippen LogP contribution in [0, 0.1) is 0 Å². The molecule has 0 atom stereocenters. The number of rotatable bonds is 0. The summed E-state index contributed by atoms with van der Waals surface area (Å²) in [6.07, 6.45) is 1.89. The van der Waals surface area contributed by atoms with Crippen molar-refractivity contribution >= 4 is 0 Å². The highest BCUT2D eigenvalue weighted by molar-refractivity contribution is 5.91. The first-order valence-corrected chi connectivity index (χ1v) is 8.83. The monoisotopic (exact) mass is 327 g/mol. The highest BCUT2D eigenvalue weighted by Crippen LogP contribution is 2.56. The summed E-state index contributed by atoms with van der Waals surface area (Å²) < 4.78 is 6.44. The Morgan fingerprint density at radius 3 is 2.40 bits per heavy atom. The molecule has 25 heavy (non-hydrogen) atoms. The molecule has 2 heteroatoms. The first kappa shape index (κ1) is 14.7. The molecule has 5 rings (SSSR count). The van der Waals surface area contributed by atoms with Gasteiger partial charge in [0.15, 0.2) is 0 Å². The van der Waals surface area contributed by atoms with E-state index in [4.69, 9.17) is 4.74 Å². The summed E-state index contributed by atoms with van der Waals surface area (Å²) in [6, 6.07) is 17.2. The van der Waals surface area contributed by atoms with Crippen molar-refractivity contribution in [1.82, 2.24) is 4.98 Å². The second-order valence-electron chi connectivity index (χ2n) is 8.04. The summed E-state index contributed by atoms with van der Waals surface area (Å²) in [7, 11) is 0. The fourth-order valence-corrected chi connectivity index (χ4v) is 4.60. The van der Waals surface area contributed by atoms with Crippen LogP contribution in [0.2, 0.25) is 0 Å². The average molecular weight is 327 g/mol. The highest BCUT2D eigenvalue weighted by atomic mass is 16.5. The first-order valence-electron chi connectivity index (χ1n) is 8.83. The maximum Gasteiger partial charge on any atom is 0.129 e. The molecular formula is C23H21NO. The van der Waals surface area contributed by atoms with E-state index in [1.165, 1.54) is 33.4 Å². The molecule has 1 aliphatic carbocycles. The zero-order chi connectivity index (χ0) is 17.4. The van der Waals surface area contributed by atoms with Crippen molar-refractivity contribution < 1.29 is 4.74 Å². The maximum atomic E-state index is 6.44. The summed E-state index contributed by atoms with van der Waals surface area (Å²) >= 11 is 0. The molecule has 0 saturated carbocycles. The zero-order valence-electron chi connectivity index (χ0n) is 15.1. The Bertz CT molecular complexity index is 1030. The number of aromatic nitrogens is 1. The van der Waals surface area contributed by atoms with Crippen LogP contribution >= 0.6 is 0 Å². The van der Waals surface area contributed by atoms with Gasteiger partial charge in [0.1, 0.15) is 11.4 Å². The van der Waals surface area contributed by atoms with Gasteiger partial charge in [-0.25, -0.2) is 0 Å². The number of ether oxygens (including phenoxy) is 1. The average Bonchev–Trinajstić information content (AvgIpc) is 2.83. The number of hydrogen-bond acceptors (Lipinski definition) is 2. The van der Waals surface area contributed by atoms with Crippen LogP contribution in [0.5, 0.6) is 5.75 Å². The lowest BCUT2D eigenvalue weighted by Crippen LogP contribution is -2.30. The van der Waals surface area contributed by atoms with Gasteiger partial charge >= 0.3 is 0 Å². The Morgan fingerprint density at radius 2 is 1.56 bits per heavy atom. The molecule has 0 radical (unpaired) electrons. The van der Waals surface area contributed by atoms with Crippen molar-refractivity contribution in [3.63, 3.8) is 0 Å². The van der Waals surface area contributed by atoms with Crippen LogP contribution in [0.4, 0.5) is 0 Å². The van der Waals surface area contributed by atoms with Crippen LogP contribution in [0.25, 0.3) is 22.4 Å². The Hall–Kier alpha value is -2.61. The number of nitrogens with zero attached hydrogens (tertiary/aromatic N) is 1.